The third-order valence-corrected chi connectivity index (χ3v) is 5.57. The highest BCUT2D eigenvalue weighted by molar-refractivity contribution is 5.93. The van der Waals surface area contributed by atoms with Gasteiger partial charge in [-0.25, -0.2) is 0 Å². The van der Waals surface area contributed by atoms with Crippen molar-refractivity contribution in [2.75, 3.05) is 13.7 Å². The first-order valence-electron chi connectivity index (χ1n) is 10.4. The number of amides is 2. The maximum atomic E-state index is 13.1. The van der Waals surface area contributed by atoms with Crippen molar-refractivity contribution in [3.05, 3.63) is 83.9 Å². The normalized spacial score (nSPS) is 15.5. The number of benzene rings is 1. The van der Waals surface area contributed by atoms with Crippen LogP contribution in [0.2, 0.25) is 0 Å². The summed E-state index contributed by atoms with van der Waals surface area (Å²) in [5, 5.41) is 3.02. The Morgan fingerprint density at radius 3 is 2.74 bits per heavy atom. The molecule has 0 bridgehead atoms. The largest absolute Gasteiger partial charge is 0.497 e. The monoisotopic (exact) mass is 418 g/mol. The van der Waals surface area contributed by atoms with Crippen LogP contribution >= 0.6 is 0 Å². The zero-order chi connectivity index (χ0) is 21.6. The van der Waals surface area contributed by atoms with Crippen molar-refractivity contribution in [3.8, 4) is 5.75 Å². The molecule has 1 unspecified atom stereocenters. The van der Waals surface area contributed by atoms with E-state index in [1.54, 1.807) is 19.5 Å². The SMILES string of the molecule is COc1ccc(CCC(=O)NCC2Cn3cccc3C(=O)N2Cc2cccnc2)cc1. The molecule has 3 heterocycles. The molecule has 0 saturated heterocycles. The maximum Gasteiger partial charge on any atom is 0.271 e. The van der Waals surface area contributed by atoms with Crippen molar-refractivity contribution in [2.24, 2.45) is 0 Å². The second-order valence-electron chi connectivity index (χ2n) is 7.65. The van der Waals surface area contributed by atoms with Crippen LogP contribution in [0.5, 0.6) is 5.75 Å². The minimum atomic E-state index is -0.127. The minimum absolute atomic E-state index is 0.0251. The summed E-state index contributed by atoms with van der Waals surface area (Å²) in [6, 6.07) is 15.1. The topological polar surface area (TPSA) is 76.5 Å². The number of methoxy groups -OCH3 is 1. The fraction of sp³-hybridized carbons (Fsp3) is 0.292. The van der Waals surface area contributed by atoms with Crippen molar-refractivity contribution in [3.63, 3.8) is 0 Å². The van der Waals surface area contributed by atoms with Gasteiger partial charge in [-0.05, 0) is 47.9 Å². The van der Waals surface area contributed by atoms with Gasteiger partial charge < -0.3 is 19.5 Å². The number of carbonyl (C=O) groups excluding carboxylic acids is 2. The summed E-state index contributed by atoms with van der Waals surface area (Å²) in [7, 11) is 1.63. The number of nitrogens with zero attached hydrogens (tertiary/aromatic N) is 3. The van der Waals surface area contributed by atoms with Crippen LogP contribution in [0.3, 0.4) is 0 Å². The van der Waals surface area contributed by atoms with Gasteiger partial charge >= 0.3 is 0 Å². The predicted octanol–water partition coefficient (Wildman–Crippen LogP) is 2.67. The van der Waals surface area contributed by atoms with Gasteiger partial charge in [-0.3, -0.25) is 14.6 Å². The first-order valence-corrected chi connectivity index (χ1v) is 10.4. The van der Waals surface area contributed by atoms with Gasteiger partial charge in [0.15, 0.2) is 0 Å². The number of carbonyl (C=O) groups is 2. The number of aryl methyl sites for hydroxylation is 1. The average Bonchev–Trinajstić information content (AvgIpc) is 3.28. The minimum Gasteiger partial charge on any atom is -0.497 e. The first-order chi connectivity index (χ1) is 15.1. The number of nitrogens with one attached hydrogen (secondary N) is 1. The highest BCUT2D eigenvalue weighted by Gasteiger charge is 2.32. The van der Waals surface area contributed by atoms with Crippen LogP contribution in [0.25, 0.3) is 0 Å². The Labute approximate surface area is 181 Å². The van der Waals surface area contributed by atoms with Crippen LogP contribution < -0.4 is 10.1 Å². The fourth-order valence-corrected chi connectivity index (χ4v) is 3.84. The van der Waals surface area contributed by atoms with E-state index in [2.05, 4.69) is 10.3 Å². The molecule has 3 aromatic rings. The van der Waals surface area contributed by atoms with E-state index < -0.39 is 0 Å². The van der Waals surface area contributed by atoms with Crippen LogP contribution in [-0.4, -0.2) is 46.0 Å². The first kappa shape index (κ1) is 20.7. The van der Waals surface area contributed by atoms with Crippen LogP contribution in [0.4, 0.5) is 0 Å². The molecule has 1 N–H and O–H groups in total. The summed E-state index contributed by atoms with van der Waals surface area (Å²) < 4.78 is 7.12. The number of hydrogen-bond acceptors (Lipinski definition) is 4. The van der Waals surface area contributed by atoms with Gasteiger partial charge in [0.25, 0.3) is 5.91 Å². The summed E-state index contributed by atoms with van der Waals surface area (Å²) >= 11 is 0. The van der Waals surface area contributed by atoms with E-state index in [1.807, 2.05) is 64.2 Å². The van der Waals surface area contributed by atoms with E-state index in [0.717, 1.165) is 16.9 Å². The lowest BCUT2D eigenvalue weighted by molar-refractivity contribution is -0.121. The fourth-order valence-electron chi connectivity index (χ4n) is 3.84. The number of fused-ring (bicyclic) bond motifs is 1. The smallest absolute Gasteiger partial charge is 0.271 e. The molecule has 0 radical (unpaired) electrons. The third-order valence-electron chi connectivity index (χ3n) is 5.57. The Hall–Kier alpha value is -3.61. The highest BCUT2D eigenvalue weighted by Crippen LogP contribution is 2.20. The molecule has 0 aliphatic carbocycles. The predicted molar refractivity (Wildman–Crippen MR) is 117 cm³/mol. The molecule has 31 heavy (non-hydrogen) atoms. The molecule has 2 amide bonds. The number of rotatable bonds is 8. The average molecular weight is 418 g/mol. The second kappa shape index (κ2) is 9.47. The van der Waals surface area contributed by atoms with E-state index in [4.69, 9.17) is 4.74 Å². The number of pyridine rings is 1. The number of aromatic nitrogens is 2. The molecular formula is C24H26N4O3. The molecule has 2 aromatic heterocycles. The Bertz CT molecular complexity index is 1030. The van der Waals surface area contributed by atoms with Crippen molar-refractivity contribution in [2.45, 2.75) is 32.0 Å². The Balaban J connectivity index is 1.37. The lowest BCUT2D eigenvalue weighted by atomic mass is 10.1. The van der Waals surface area contributed by atoms with E-state index >= 15 is 0 Å². The third kappa shape index (κ3) is 4.94. The summed E-state index contributed by atoms with van der Waals surface area (Å²) in [4.78, 5) is 31.5. The summed E-state index contributed by atoms with van der Waals surface area (Å²) in [5.41, 5.74) is 2.72. The molecule has 160 valence electrons. The van der Waals surface area contributed by atoms with Crippen molar-refractivity contribution in [1.82, 2.24) is 19.8 Å². The van der Waals surface area contributed by atoms with Crippen molar-refractivity contribution < 1.29 is 14.3 Å². The molecule has 0 saturated carbocycles. The second-order valence-corrected chi connectivity index (χ2v) is 7.65. The Kier molecular flexibility index (Phi) is 6.31. The molecule has 1 aliphatic heterocycles. The zero-order valence-corrected chi connectivity index (χ0v) is 17.5. The highest BCUT2D eigenvalue weighted by atomic mass is 16.5. The molecule has 1 aliphatic rings. The molecule has 1 aromatic carbocycles. The van der Waals surface area contributed by atoms with Gasteiger partial charge in [-0.15, -0.1) is 0 Å². The summed E-state index contributed by atoms with van der Waals surface area (Å²) in [6.45, 7) is 1.52. The van der Waals surface area contributed by atoms with E-state index in [1.165, 1.54) is 0 Å². The molecule has 0 fully saturated rings. The van der Waals surface area contributed by atoms with Crippen LogP contribution in [-0.2, 0) is 24.3 Å². The summed E-state index contributed by atoms with van der Waals surface area (Å²) in [5.74, 6) is 0.744. The van der Waals surface area contributed by atoms with E-state index in [9.17, 15) is 9.59 Å². The van der Waals surface area contributed by atoms with Gasteiger partial charge in [0.1, 0.15) is 11.4 Å². The Morgan fingerprint density at radius 2 is 2.00 bits per heavy atom. The Morgan fingerprint density at radius 1 is 1.16 bits per heavy atom. The quantitative estimate of drug-likeness (QED) is 0.610. The van der Waals surface area contributed by atoms with Gasteiger partial charge in [-0.1, -0.05) is 18.2 Å². The molecular weight excluding hydrogens is 392 g/mol. The zero-order valence-electron chi connectivity index (χ0n) is 17.5. The van der Waals surface area contributed by atoms with Crippen LogP contribution in [0, 0.1) is 0 Å². The maximum absolute atomic E-state index is 13.1. The van der Waals surface area contributed by atoms with Crippen molar-refractivity contribution in [1.29, 1.82) is 0 Å². The van der Waals surface area contributed by atoms with Gasteiger partial charge in [-0.2, -0.15) is 0 Å². The lowest BCUT2D eigenvalue weighted by Crippen LogP contribution is -2.52. The summed E-state index contributed by atoms with van der Waals surface area (Å²) in [6.07, 6.45) is 6.44. The van der Waals surface area contributed by atoms with Crippen molar-refractivity contribution >= 4 is 11.8 Å². The standard InChI is InChI=1S/C24H26N4O3/c1-31-21-9-6-18(7-10-21)8-11-23(29)26-15-20-17-27-13-3-5-22(27)24(30)28(20)16-19-4-2-12-25-14-19/h2-7,9-10,12-14,20H,8,11,15-17H2,1H3,(H,26,29). The molecule has 7 nitrogen and oxygen atoms in total. The van der Waals surface area contributed by atoms with Gasteiger partial charge in [0.05, 0.1) is 13.2 Å². The number of ether oxygens (including phenoxy) is 1. The number of hydrogen-bond donors (Lipinski definition) is 1. The molecule has 4 rings (SSSR count). The van der Waals surface area contributed by atoms with E-state index in [-0.39, 0.29) is 17.9 Å². The van der Waals surface area contributed by atoms with Crippen LogP contribution in [0.1, 0.15) is 28.0 Å². The van der Waals surface area contributed by atoms with Gasteiger partial charge in [0, 0.05) is 44.6 Å². The molecule has 0 spiro atoms. The lowest BCUT2D eigenvalue weighted by Gasteiger charge is -2.36. The van der Waals surface area contributed by atoms with Crippen LogP contribution in [0.15, 0.2) is 67.1 Å². The molecule has 7 heteroatoms. The molecule has 1 atom stereocenters. The van der Waals surface area contributed by atoms with E-state index in [0.29, 0.717) is 38.2 Å². The van der Waals surface area contributed by atoms with Gasteiger partial charge in [0.2, 0.25) is 5.91 Å².